The van der Waals surface area contributed by atoms with E-state index in [1.165, 1.54) is 0 Å². The maximum absolute atomic E-state index is 12.2. The Kier molecular flexibility index (Phi) is 3.11. The lowest BCUT2D eigenvalue weighted by atomic mass is 10.1. The highest BCUT2D eigenvalue weighted by molar-refractivity contribution is 6.05. The summed E-state index contributed by atoms with van der Waals surface area (Å²) in [6.07, 6.45) is 2.04. The largest absolute Gasteiger partial charge is 0.306 e. The Bertz CT molecular complexity index is 620. The molecule has 0 bridgehead atoms. The number of nitrogens with zero attached hydrogens (tertiary/aromatic N) is 2. The van der Waals surface area contributed by atoms with Crippen molar-refractivity contribution in [1.82, 2.24) is 0 Å². The van der Waals surface area contributed by atoms with Gasteiger partial charge < -0.3 is 4.90 Å². The van der Waals surface area contributed by atoms with E-state index in [2.05, 4.69) is 4.99 Å². The van der Waals surface area contributed by atoms with Gasteiger partial charge in [-0.25, -0.2) is 0 Å². The molecule has 1 heterocycles. The van der Waals surface area contributed by atoms with E-state index in [1.807, 2.05) is 54.6 Å². The third-order valence-corrected chi connectivity index (χ3v) is 3.15. The first-order valence-corrected chi connectivity index (χ1v) is 6.30. The minimum absolute atomic E-state index is 0.0811. The molecule has 1 aliphatic rings. The van der Waals surface area contributed by atoms with Gasteiger partial charge in [-0.15, -0.1) is 0 Å². The molecule has 19 heavy (non-hydrogen) atoms. The SMILES string of the molecule is O=C1CC=Nc2ccccc2N1Cc1ccccc1. The van der Waals surface area contributed by atoms with E-state index >= 15 is 0 Å². The molecule has 3 rings (SSSR count). The van der Waals surface area contributed by atoms with Gasteiger partial charge in [0.15, 0.2) is 0 Å². The maximum atomic E-state index is 12.2. The van der Waals surface area contributed by atoms with E-state index in [0.717, 1.165) is 16.9 Å². The highest BCUT2D eigenvalue weighted by Crippen LogP contribution is 2.31. The quantitative estimate of drug-likeness (QED) is 0.804. The summed E-state index contributed by atoms with van der Waals surface area (Å²) in [7, 11) is 0. The van der Waals surface area contributed by atoms with Crippen LogP contribution in [0.1, 0.15) is 12.0 Å². The second-order valence-corrected chi connectivity index (χ2v) is 4.47. The van der Waals surface area contributed by atoms with Crippen LogP contribution in [0, 0.1) is 0 Å². The summed E-state index contributed by atoms with van der Waals surface area (Å²) in [5.74, 6) is 0.0811. The van der Waals surface area contributed by atoms with E-state index in [4.69, 9.17) is 0 Å². The van der Waals surface area contributed by atoms with Gasteiger partial charge in [0.05, 0.1) is 24.3 Å². The summed E-state index contributed by atoms with van der Waals surface area (Å²) in [6, 6.07) is 17.8. The lowest BCUT2D eigenvalue weighted by Crippen LogP contribution is -2.29. The number of hydrogen-bond donors (Lipinski definition) is 0. The highest BCUT2D eigenvalue weighted by atomic mass is 16.2. The molecule has 3 heteroatoms. The molecule has 0 aliphatic carbocycles. The van der Waals surface area contributed by atoms with Crippen molar-refractivity contribution in [3.05, 3.63) is 60.2 Å². The van der Waals surface area contributed by atoms with Crippen molar-refractivity contribution in [2.45, 2.75) is 13.0 Å². The van der Waals surface area contributed by atoms with Crippen LogP contribution in [0.5, 0.6) is 0 Å². The molecular weight excluding hydrogens is 236 g/mol. The number of benzene rings is 2. The summed E-state index contributed by atoms with van der Waals surface area (Å²) < 4.78 is 0. The van der Waals surface area contributed by atoms with E-state index in [-0.39, 0.29) is 5.91 Å². The molecule has 0 saturated heterocycles. The van der Waals surface area contributed by atoms with Gasteiger partial charge in [0, 0.05) is 6.21 Å². The normalized spacial score (nSPS) is 14.1. The topological polar surface area (TPSA) is 32.7 Å². The van der Waals surface area contributed by atoms with Gasteiger partial charge >= 0.3 is 0 Å². The second-order valence-electron chi connectivity index (χ2n) is 4.47. The molecule has 3 nitrogen and oxygen atoms in total. The summed E-state index contributed by atoms with van der Waals surface area (Å²) in [4.78, 5) is 18.4. The molecule has 0 spiro atoms. The highest BCUT2D eigenvalue weighted by Gasteiger charge is 2.20. The summed E-state index contributed by atoms with van der Waals surface area (Å²) in [5.41, 5.74) is 2.85. The number of aliphatic imine (C=N–C) groups is 1. The van der Waals surface area contributed by atoms with Crippen LogP contribution < -0.4 is 4.90 Å². The number of carbonyl (C=O) groups excluding carboxylic acids is 1. The van der Waals surface area contributed by atoms with Crippen LogP contribution in [0.3, 0.4) is 0 Å². The average molecular weight is 250 g/mol. The summed E-state index contributed by atoms with van der Waals surface area (Å²) >= 11 is 0. The predicted octanol–water partition coefficient (Wildman–Crippen LogP) is 3.33. The predicted molar refractivity (Wildman–Crippen MR) is 76.8 cm³/mol. The van der Waals surface area contributed by atoms with Crippen molar-refractivity contribution in [2.24, 2.45) is 4.99 Å². The summed E-state index contributed by atoms with van der Waals surface area (Å²) in [6.45, 7) is 0.583. The number of carbonyl (C=O) groups is 1. The van der Waals surface area contributed by atoms with Crippen molar-refractivity contribution >= 4 is 23.5 Å². The molecule has 94 valence electrons. The third kappa shape index (κ3) is 2.40. The Hall–Kier alpha value is -2.42. The zero-order valence-corrected chi connectivity index (χ0v) is 10.5. The Morgan fingerprint density at radius 1 is 1.00 bits per heavy atom. The van der Waals surface area contributed by atoms with Crippen LogP contribution in [0.15, 0.2) is 59.6 Å². The molecule has 2 aromatic rings. The zero-order chi connectivity index (χ0) is 13.1. The van der Waals surface area contributed by atoms with Crippen LogP contribution in [-0.2, 0) is 11.3 Å². The van der Waals surface area contributed by atoms with Crippen LogP contribution in [0.4, 0.5) is 11.4 Å². The average Bonchev–Trinajstić information content (AvgIpc) is 2.61. The van der Waals surface area contributed by atoms with E-state index in [9.17, 15) is 4.79 Å². The first-order chi connectivity index (χ1) is 9.34. The molecule has 1 amide bonds. The van der Waals surface area contributed by atoms with Crippen molar-refractivity contribution in [3.63, 3.8) is 0 Å². The Labute approximate surface area is 112 Å². The number of anilines is 1. The maximum Gasteiger partial charge on any atom is 0.232 e. The van der Waals surface area contributed by atoms with Gasteiger partial charge in [-0.2, -0.15) is 0 Å². The number of amides is 1. The van der Waals surface area contributed by atoms with E-state index in [0.29, 0.717) is 13.0 Å². The zero-order valence-electron chi connectivity index (χ0n) is 10.5. The van der Waals surface area contributed by atoms with Gasteiger partial charge in [-0.1, -0.05) is 42.5 Å². The lowest BCUT2D eigenvalue weighted by Gasteiger charge is -2.22. The molecule has 0 N–H and O–H groups in total. The number of hydrogen-bond acceptors (Lipinski definition) is 2. The standard InChI is InChI=1S/C16H14N2O/c19-16-10-11-17-14-8-4-5-9-15(14)18(16)12-13-6-2-1-3-7-13/h1-9,11H,10,12H2. The van der Waals surface area contributed by atoms with E-state index < -0.39 is 0 Å². The molecular formula is C16H14N2O. The second kappa shape index (κ2) is 5.06. The van der Waals surface area contributed by atoms with Crippen molar-refractivity contribution in [1.29, 1.82) is 0 Å². The Balaban J connectivity index is 1.98. The van der Waals surface area contributed by atoms with Crippen LogP contribution in [0.2, 0.25) is 0 Å². The number of fused-ring (bicyclic) bond motifs is 1. The molecule has 0 unspecified atom stereocenters. The first-order valence-electron chi connectivity index (χ1n) is 6.30. The minimum Gasteiger partial charge on any atom is -0.306 e. The third-order valence-electron chi connectivity index (χ3n) is 3.15. The fourth-order valence-electron chi connectivity index (χ4n) is 2.21. The molecule has 2 aromatic carbocycles. The molecule has 0 atom stereocenters. The molecule has 1 aliphatic heterocycles. The number of rotatable bonds is 2. The molecule has 0 saturated carbocycles. The summed E-state index contributed by atoms with van der Waals surface area (Å²) in [5, 5.41) is 0. The van der Waals surface area contributed by atoms with Gasteiger partial charge in [0.2, 0.25) is 5.91 Å². The van der Waals surface area contributed by atoms with Crippen LogP contribution >= 0.6 is 0 Å². The molecule has 0 fully saturated rings. The van der Waals surface area contributed by atoms with Crippen molar-refractivity contribution < 1.29 is 4.79 Å². The lowest BCUT2D eigenvalue weighted by molar-refractivity contribution is -0.117. The van der Waals surface area contributed by atoms with Gasteiger partial charge in [0.25, 0.3) is 0 Å². The fourth-order valence-corrected chi connectivity index (χ4v) is 2.21. The van der Waals surface area contributed by atoms with Crippen molar-refractivity contribution in [3.8, 4) is 0 Å². The van der Waals surface area contributed by atoms with Gasteiger partial charge in [-0.3, -0.25) is 9.79 Å². The van der Waals surface area contributed by atoms with Crippen molar-refractivity contribution in [2.75, 3.05) is 4.90 Å². The van der Waals surface area contributed by atoms with E-state index in [1.54, 1.807) is 11.1 Å². The van der Waals surface area contributed by atoms with Crippen LogP contribution in [-0.4, -0.2) is 12.1 Å². The molecule has 0 radical (unpaired) electrons. The Morgan fingerprint density at radius 2 is 1.74 bits per heavy atom. The smallest absolute Gasteiger partial charge is 0.232 e. The Morgan fingerprint density at radius 3 is 2.58 bits per heavy atom. The monoisotopic (exact) mass is 250 g/mol. The van der Waals surface area contributed by atoms with Gasteiger partial charge in [0.1, 0.15) is 0 Å². The molecule has 0 aromatic heterocycles. The first kappa shape index (κ1) is 11.7. The number of para-hydroxylation sites is 2. The van der Waals surface area contributed by atoms with Gasteiger partial charge in [-0.05, 0) is 17.7 Å². The minimum atomic E-state index is 0.0811. The van der Waals surface area contributed by atoms with Crippen LogP contribution in [0.25, 0.3) is 0 Å². The fraction of sp³-hybridized carbons (Fsp3) is 0.125.